The number of piperazine rings is 1. The first kappa shape index (κ1) is 33.0. The Morgan fingerprint density at radius 1 is 1.09 bits per heavy atom. The lowest BCUT2D eigenvalue weighted by atomic mass is 9.96. The van der Waals surface area contributed by atoms with Gasteiger partial charge in [-0.15, -0.1) is 0 Å². The van der Waals surface area contributed by atoms with Gasteiger partial charge in [0.15, 0.2) is 11.5 Å². The number of alkyl halides is 3. The summed E-state index contributed by atoms with van der Waals surface area (Å²) in [5.74, 6) is 3.93. The number of aromatic amines is 1. The van der Waals surface area contributed by atoms with Gasteiger partial charge in [0.2, 0.25) is 5.91 Å². The molecule has 0 spiro atoms. The molecular weight excluding hydrogens is 629 g/mol. The van der Waals surface area contributed by atoms with Crippen LogP contribution in [0.15, 0.2) is 30.6 Å². The summed E-state index contributed by atoms with van der Waals surface area (Å²) in [6.45, 7) is 2.77. The second kappa shape index (κ2) is 14.4. The molecule has 2 aliphatic heterocycles. The molecule has 244 valence electrons. The minimum absolute atomic E-state index is 0.0183. The van der Waals surface area contributed by atoms with E-state index in [1.54, 1.807) is 4.90 Å². The van der Waals surface area contributed by atoms with Gasteiger partial charge in [0, 0.05) is 67.9 Å². The van der Waals surface area contributed by atoms with Crippen molar-refractivity contribution in [1.29, 1.82) is 0 Å². The fourth-order valence-electron chi connectivity index (χ4n) is 5.46. The number of aliphatic hydroxyl groups is 1. The Morgan fingerprint density at radius 2 is 1.80 bits per heavy atom. The molecule has 2 saturated heterocycles. The number of aliphatic hydroxyl groups excluding tert-OH is 1. The minimum Gasteiger partial charge on any atom is -0.384 e. The molecule has 12 nitrogen and oxygen atoms in total. The molecule has 16 heteroatoms. The maximum atomic E-state index is 13.6. The number of hydrogen-bond donors (Lipinski definition) is 4. The van der Waals surface area contributed by atoms with Crippen molar-refractivity contribution in [1.82, 2.24) is 34.9 Å². The molecule has 4 N–H and O–H groups in total. The highest BCUT2D eigenvalue weighted by molar-refractivity contribution is 6.34. The normalized spacial score (nSPS) is 15.8. The number of hydrogen-bond acceptors (Lipinski definition) is 7. The Kier molecular flexibility index (Phi) is 10.3. The van der Waals surface area contributed by atoms with Crippen molar-refractivity contribution in [3.63, 3.8) is 0 Å². The summed E-state index contributed by atoms with van der Waals surface area (Å²) in [6, 6.07) is 4.44. The summed E-state index contributed by atoms with van der Waals surface area (Å²) in [7, 11) is 0. The largest absolute Gasteiger partial charge is 0.435 e. The van der Waals surface area contributed by atoms with E-state index >= 15 is 0 Å². The molecule has 4 heterocycles. The van der Waals surface area contributed by atoms with Gasteiger partial charge in [-0.25, -0.2) is 4.98 Å². The molecule has 2 aliphatic rings. The van der Waals surface area contributed by atoms with Crippen LogP contribution in [0, 0.1) is 17.8 Å². The minimum atomic E-state index is -4.71. The number of halogens is 4. The number of piperidine rings is 1. The Hall–Kier alpha value is -4.39. The quantitative estimate of drug-likeness (QED) is 0.285. The van der Waals surface area contributed by atoms with E-state index in [2.05, 4.69) is 37.5 Å². The average Bonchev–Trinajstić information content (AvgIpc) is 3.69. The SMILES string of the molecule is O=C(Nc1ccc(C(=O)N2CCN(C(=O)C3CCNCC3)CC2)c(Cl)c1)c1ncc(Cc2cn(CC#CCO)nc2C(F)(F)F)[nH]1. The lowest BCUT2D eigenvalue weighted by molar-refractivity contribution is -0.142. The molecule has 2 aromatic heterocycles. The molecule has 0 atom stereocenters. The monoisotopic (exact) mass is 660 g/mol. The van der Waals surface area contributed by atoms with Crippen LogP contribution in [-0.2, 0) is 23.9 Å². The summed E-state index contributed by atoms with van der Waals surface area (Å²) in [5.41, 5.74) is -0.451. The molecule has 3 aromatic rings. The maximum absolute atomic E-state index is 13.6. The van der Waals surface area contributed by atoms with Gasteiger partial charge in [-0.1, -0.05) is 23.4 Å². The number of rotatable bonds is 7. The second-order valence-corrected chi connectivity index (χ2v) is 11.3. The third-order valence-corrected chi connectivity index (χ3v) is 8.11. The number of carbonyl (C=O) groups is 3. The predicted molar refractivity (Wildman–Crippen MR) is 161 cm³/mol. The molecule has 0 bridgehead atoms. The van der Waals surface area contributed by atoms with Crippen LogP contribution in [0.2, 0.25) is 5.02 Å². The van der Waals surface area contributed by atoms with E-state index in [1.165, 1.54) is 30.6 Å². The van der Waals surface area contributed by atoms with E-state index in [-0.39, 0.29) is 64.1 Å². The van der Waals surface area contributed by atoms with E-state index < -0.39 is 24.4 Å². The van der Waals surface area contributed by atoms with Crippen LogP contribution in [0.25, 0.3) is 0 Å². The van der Waals surface area contributed by atoms with Crippen LogP contribution >= 0.6 is 11.6 Å². The summed E-state index contributed by atoms with van der Waals surface area (Å²) in [4.78, 5) is 49.1. The molecule has 1 aromatic carbocycles. The predicted octanol–water partition coefficient (Wildman–Crippen LogP) is 2.40. The third-order valence-electron chi connectivity index (χ3n) is 7.80. The van der Waals surface area contributed by atoms with Crippen LogP contribution < -0.4 is 10.6 Å². The van der Waals surface area contributed by atoms with E-state index in [4.69, 9.17) is 16.7 Å². The van der Waals surface area contributed by atoms with Crippen molar-refractivity contribution in [3.8, 4) is 11.8 Å². The van der Waals surface area contributed by atoms with Gasteiger partial charge in [0.25, 0.3) is 11.8 Å². The Morgan fingerprint density at radius 3 is 2.48 bits per heavy atom. The lowest BCUT2D eigenvalue weighted by Gasteiger charge is -2.37. The summed E-state index contributed by atoms with van der Waals surface area (Å²) in [6.07, 6.45) is -0.849. The topological polar surface area (TPSA) is 148 Å². The van der Waals surface area contributed by atoms with Crippen molar-refractivity contribution in [2.24, 2.45) is 5.92 Å². The standard InChI is InChI=1S/C30H32ClF3N8O4/c31-24-16-21(3-4-23(24)29(46)41-12-10-40(11-13-41)28(45)19-5-7-35-8-6-19)38-27(44)26-36-17-22(37-26)15-20-18-42(9-1-2-14-43)39-25(20)30(32,33)34/h3-4,16-19,35,43H,5-15H2,(H,36,37)(H,38,44). The van der Waals surface area contributed by atoms with Crippen LogP contribution in [0.3, 0.4) is 0 Å². The lowest BCUT2D eigenvalue weighted by Crippen LogP contribution is -2.52. The number of aromatic nitrogens is 4. The van der Waals surface area contributed by atoms with Gasteiger partial charge < -0.3 is 30.5 Å². The molecule has 2 fully saturated rings. The Labute approximate surface area is 267 Å². The Balaban J connectivity index is 1.18. The first-order valence-electron chi connectivity index (χ1n) is 14.7. The smallest absolute Gasteiger partial charge is 0.384 e. The number of imidazole rings is 1. The van der Waals surface area contributed by atoms with E-state index in [0.717, 1.165) is 30.6 Å². The number of benzene rings is 1. The first-order chi connectivity index (χ1) is 22.0. The van der Waals surface area contributed by atoms with E-state index in [0.29, 0.717) is 26.2 Å². The average molecular weight is 661 g/mol. The van der Waals surface area contributed by atoms with E-state index in [1.807, 2.05) is 4.90 Å². The van der Waals surface area contributed by atoms with Crippen LogP contribution in [0.5, 0.6) is 0 Å². The first-order valence-corrected chi connectivity index (χ1v) is 15.0. The number of carbonyl (C=O) groups excluding carboxylic acids is 3. The van der Waals surface area contributed by atoms with Crippen LogP contribution in [0.1, 0.15) is 50.8 Å². The molecule has 0 saturated carbocycles. The fourth-order valence-corrected chi connectivity index (χ4v) is 5.72. The molecule has 3 amide bonds. The van der Waals surface area contributed by atoms with Gasteiger partial charge in [0.05, 0.1) is 10.6 Å². The van der Waals surface area contributed by atoms with Crippen molar-refractivity contribution in [2.45, 2.75) is 32.0 Å². The highest BCUT2D eigenvalue weighted by Crippen LogP contribution is 2.32. The fraction of sp³-hybridized carbons (Fsp3) is 0.433. The second-order valence-electron chi connectivity index (χ2n) is 10.9. The van der Waals surface area contributed by atoms with Gasteiger partial charge >= 0.3 is 6.18 Å². The van der Waals surface area contributed by atoms with Crippen molar-refractivity contribution in [3.05, 3.63) is 64.0 Å². The van der Waals surface area contributed by atoms with Crippen molar-refractivity contribution in [2.75, 3.05) is 51.2 Å². The summed E-state index contributed by atoms with van der Waals surface area (Å²) >= 11 is 6.43. The highest BCUT2D eigenvalue weighted by Gasteiger charge is 2.37. The molecule has 0 unspecified atom stereocenters. The number of anilines is 1. The van der Waals surface area contributed by atoms with Gasteiger partial charge in [-0.2, -0.15) is 18.3 Å². The van der Waals surface area contributed by atoms with Crippen LogP contribution in [0.4, 0.5) is 18.9 Å². The third kappa shape index (κ3) is 7.87. The summed E-state index contributed by atoms with van der Waals surface area (Å²) < 4.78 is 41.7. The van der Waals surface area contributed by atoms with Gasteiger partial charge in [-0.05, 0) is 44.1 Å². The van der Waals surface area contributed by atoms with Crippen LogP contribution in [-0.4, -0.2) is 98.3 Å². The molecule has 46 heavy (non-hydrogen) atoms. The number of nitrogens with one attached hydrogen (secondary N) is 3. The molecular formula is C30H32ClF3N8O4. The van der Waals surface area contributed by atoms with Crippen molar-refractivity contribution >= 4 is 35.0 Å². The number of amides is 3. The van der Waals surface area contributed by atoms with Gasteiger partial charge in [-0.3, -0.25) is 19.1 Å². The zero-order valence-electron chi connectivity index (χ0n) is 24.7. The maximum Gasteiger partial charge on any atom is 0.435 e. The Bertz CT molecular complexity index is 1650. The highest BCUT2D eigenvalue weighted by atomic mass is 35.5. The zero-order chi connectivity index (χ0) is 32.8. The van der Waals surface area contributed by atoms with Gasteiger partial charge in [0.1, 0.15) is 13.2 Å². The molecule has 0 radical (unpaired) electrons. The van der Waals surface area contributed by atoms with E-state index in [9.17, 15) is 27.6 Å². The number of nitrogens with zero attached hydrogens (tertiary/aromatic N) is 5. The number of H-pyrrole nitrogens is 1. The molecule has 5 rings (SSSR count). The summed E-state index contributed by atoms with van der Waals surface area (Å²) in [5, 5.41) is 18.3. The molecule has 0 aliphatic carbocycles. The van der Waals surface area contributed by atoms with Crippen molar-refractivity contribution < 1.29 is 32.7 Å². The zero-order valence-corrected chi connectivity index (χ0v) is 25.4.